The number of carboxylic acid groups (broad SMARTS) is 1. The molecule has 0 aliphatic heterocycles. The van der Waals surface area contributed by atoms with Crippen LogP contribution in [0.25, 0.3) is 0 Å². The largest absolute Gasteiger partial charge is 0.477 e. The van der Waals surface area contributed by atoms with Crippen molar-refractivity contribution in [2.45, 2.75) is 10.6 Å². The predicted molar refractivity (Wildman–Crippen MR) is 72.2 cm³/mol. The minimum Gasteiger partial charge on any atom is -0.477 e. The Morgan fingerprint density at radius 1 is 1.42 bits per heavy atom. The molecule has 98 valence electrons. The average Bonchev–Trinajstić information content (AvgIpc) is 2.41. The molecule has 0 spiro atoms. The van der Waals surface area contributed by atoms with Crippen molar-refractivity contribution < 1.29 is 14.3 Å². The Balaban J connectivity index is 2.12. The summed E-state index contributed by atoms with van der Waals surface area (Å²) in [7, 11) is 0. The number of rotatable bonds is 4. The Labute approximate surface area is 118 Å². The zero-order valence-corrected chi connectivity index (χ0v) is 11.2. The second-order valence-electron chi connectivity index (χ2n) is 3.68. The number of thioether (sulfide) groups is 1. The van der Waals surface area contributed by atoms with Crippen molar-refractivity contribution in [1.29, 1.82) is 0 Å². The van der Waals surface area contributed by atoms with Crippen molar-refractivity contribution in [3.05, 3.63) is 58.6 Å². The number of halogens is 2. The van der Waals surface area contributed by atoms with Gasteiger partial charge in [-0.3, -0.25) is 0 Å². The number of aromatic nitrogens is 1. The Morgan fingerprint density at radius 2 is 2.21 bits per heavy atom. The van der Waals surface area contributed by atoms with Gasteiger partial charge in [-0.1, -0.05) is 23.7 Å². The SMILES string of the molecule is O=C(O)c1cc(SCc2cccc(Cl)c2F)ccn1. The van der Waals surface area contributed by atoms with Crippen LogP contribution in [0.5, 0.6) is 0 Å². The van der Waals surface area contributed by atoms with Gasteiger partial charge in [-0.15, -0.1) is 11.8 Å². The van der Waals surface area contributed by atoms with Crippen LogP contribution in [0.2, 0.25) is 5.02 Å². The lowest BCUT2D eigenvalue weighted by molar-refractivity contribution is 0.0690. The highest BCUT2D eigenvalue weighted by atomic mass is 35.5. The molecule has 0 aliphatic rings. The van der Waals surface area contributed by atoms with E-state index in [9.17, 15) is 9.18 Å². The topological polar surface area (TPSA) is 50.2 Å². The minimum atomic E-state index is -1.09. The molecule has 0 bridgehead atoms. The van der Waals surface area contributed by atoms with E-state index in [0.717, 1.165) is 0 Å². The van der Waals surface area contributed by atoms with Crippen LogP contribution in [-0.4, -0.2) is 16.1 Å². The molecular formula is C13H9ClFNO2S. The zero-order valence-electron chi connectivity index (χ0n) is 9.64. The maximum absolute atomic E-state index is 13.7. The third-order valence-electron chi connectivity index (χ3n) is 2.38. The molecule has 0 atom stereocenters. The van der Waals surface area contributed by atoms with E-state index in [-0.39, 0.29) is 10.7 Å². The number of carboxylic acids is 1. The summed E-state index contributed by atoms with van der Waals surface area (Å²) in [4.78, 5) is 15.2. The standard InChI is InChI=1S/C13H9ClFNO2S/c14-10-3-1-2-8(12(10)15)7-19-9-4-5-16-11(6-9)13(17)18/h1-6H,7H2,(H,17,18). The third-order valence-corrected chi connectivity index (χ3v) is 3.71. The van der Waals surface area contributed by atoms with E-state index in [1.54, 1.807) is 18.2 Å². The van der Waals surface area contributed by atoms with Crippen molar-refractivity contribution >= 4 is 29.3 Å². The third kappa shape index (κ3) is 3.45. The highest BCUT2D eigenvalue weighted by Gasteiger charge is 2.08. The smallest absolute Gasteiger partial charge is 0.354 e. The van der Waals surface area contributed by atoms with Gasteiger partial charge < -0.3 is 5.11 Å². The van der Waals surface area contributed by atoms with Crippen molar-refractivity contribution in [1.82, 2.24) is 4.98 Å². The first kappa shape index (κ1) is 13.8. The number of nitrogens with zero attached hydrogens (tertiary/aromatic N) is 1. The summed E-state index contributed by atoms with van der Waals surface area (Å²) < 4.78 is 13.7. The summed E-state index contributed by atoms with van der Waals surface area (Å²) >= 11 is 7.02. The van der Waals surface area contributed by atoms with Gasteiger partial charge in [0, 0.05) is 16.8 Å². The monoisotopic (exact) mass is 297 g/mol. The van der Waals surface area contributed by atoms with Gasteiger partial charge in [-0.2, -0.15) is 0 Å². The Morgan fingerprint density at radius 3 is 2.95 bits per heavy atom. The first-order valence-electron chi connectivity index (χ1n) is 5.33. The van der Waals surface area contributed by atoms with Crippen molar-refractivity contribution in [3.8, 4) is 0 Å². The molecule has 0 saturated carbocycles. The first-order chi connectivity index (χ1) is 9.08. The predicted octanol–water partition coefficient (Wildman–Crippen LogP) is 3.86. The lowest BCUT2D eigenvalue weighted by atomic mass is 10.2. The Kier molecular flexibility index (Phi) is 4.39. The molecule has 0 unspecified atom stereocenters. The fourth-order valence-electron chi connectivity index (χ4n) is 1.44. The molecule has 1 aromatic carbocycles. The highest BCUT2D eigenvalue weighted by molar-refractivity contribution is 7.98. The Hall–Kier alpha value is -1.59. The lowest BCUT2D eigenvalue weighted by Crippen LogP contribution is -1.99. The minimum absolute atomic E-state index is 0.0310. The molecule has 2 aromatic rings. The van der Waals surface area contributed by atoms with Crippen LogP contribution in [0.15, 0.2) is 41.4 Å². The molecule has 1 N–H and O–H groups in total. The van der Waals surface area contributed by atoms with Crippen LogP contribution in [0, 0.1) is 5.82 Å². The van der Waals surface area contributed by atoms with E-state index in [1.807, 2.05) is 0 Å². The molecule has 6 heteroatoms. The second kappa shape index (κ2) is 6.04. The number of benzene rings is 1. The van der Waals surface area contributed by atoms with Crippen LogP contribution >= 0.6 is 23.4 Å². The van der Waals surface area contributed by atoms with Gasteiger partial charge in [0.2, 0.25) is 0 Å². The van der Waals surface area contributed by atoms with E-state index in [1.165, 1.54) is 30.1 Å². The molecule has 19 heavy (non-hydrogen) atoms. The van der Waals surface area contributed by atoms with Crippen molar-refractivity contribution in [2.24, 2.45) is 0 Å². The summed E-state index contributed by atoms with van der Waals surface area (Å²) in [5.41, 5.74) is 0.447. The van der Waals surface area contributed by atoms with Crippen LogP contribution in [-0.2, 0) is 5.75 Å². The normalized spacial score (nSPS) is 10.4. The van der Waals surface area contributed by atoms with Crippen LogP contribution in [0.4, 0.5) is 4.39 Å². The summed E-state index contributed by atoms with van der Waals surface area (Å²) in [6, 6.07) is 7.94. The van der Waals surface area contributed by atoms with E-state index in [0.29, 0.717) is 16.2 Å². The molecule has 0 aliphatic carbocycles. The van der Waals surface area contributed by atoms with E-state index in [4.69, 9.17) is 16.7 Å². The van der Waals surface area contributed by atoms with Gasteiger partial charge in [0.15, 0.2) is 0 Å². The van der Waals surface area contributed by atoms with E-state index < -0.39 is 11.8 Å². The summed E-state index contributed by atoms with van der Waals surface area (Å²) in [6.45, 7) is 0. The molecular weight excluding hydrogens is 289 g/mol. The number of aromatic carboxylic acids is 1. The lowest BCUT2D eigenvalue weighted by Gasteiger charge is -2.05. The maximum Gasteiger partial charge on any atom is 0.354 e. The van der Waals surface area contributed by atoms with Gasteiger partial charge >= 0.3 is 5.97 Å². The first-order valence-corrected chi connectivity index (χ1v) is 6.69. The maximum atomic E-state index is 13.7. The number of pyridine rings is 1. The van der Waals surface area contributed by atoms with E-state index in [2.05, 4.69) is 4.98 Å². The summed E-state index contributed by atoms with van der Waals surface area (Å²) in [6.07, 6.45) is 1.42. The quantitative estimate of drug-likeness (QED) is 0.871. The zero-order chi connectivity index (χ0) is 13.8. The summed E-state index contributed by atoms with van der Waals surface area (Å²) in [5, 5.41) is 8.91. The van der Waals surface area contributed by atoms with Gasteiger partial charge in [-0.25, -0.2) is 14.2 Å². The molecule has 3 nitrogen and oxygen atoms in total. The van der Waals surface area contributed by atoms with Crippen molar-refractivity contribution in [2.75, 3.05) is 0 Å². The number of hydrogen-bond acceptors (Lipinski definition) is 3. The van der Waals surface area contributed by atoms with Crippen molar-refractivity contribution in [3.63, 3.8) is 0 Å². The molecule has 0 saturated heterocycles. The highest BCUT2D eigenvalue weighted by Crippen LogP contribution is 2.26. The molecule has 0 fully saturated rings. The molecule has 1 aromatic heterocycles. The van der Waals surface area contributed by atoms with Gasteiger partial charge in [0.1, 0.15) is 11.5 Å². The van der Waals surface area contributed by atoms with Crippen LogP contribution in [0.3, 0.4) is 0 Å². The number of carbonyl (C=O) groups is 1. The molecule has 0 radical (unpaired) electrons. The van der Waals surface area contributed by atoms with E-state index >= 15 is 0 Å². The van der Waals surface area contributed by atoms with Crippen LogP contribution < -0.4 is 0 Å². The molecule has 2 rings (SSSR count). The molecule has 0 amide bonds. The number of hydrogen-bond donors (Lipinski definition) is 1. The van der Waals surface area contributed by atoms with Gasteiger partial charge in [-0.05, 0) is 23.8 Å². The van der Waals surface area contributed by atoms with Crippen LogP contribution in [0.1, 0.15) is 16.1 Å². The second-order valence-corrected chi connectivity index (χ2v) is 5.14. The molecule has 1 heterocycles. The fourth-order valence-corrected chi connectivity index (χ4v) is 2.53. The Bertz CT molecular complexity index is 621. The van der Waals surface area contributed by atoms with Gasteiger partial charge in [0.25, 0.3) is 0 Å². The summed E-state index contributed by atoms with van der Waals surface area (Å²) in [5.74, 6) is -1.16. The fraction of sp³-hybridized carbons (Fsp3) is 0.0769. The van der Waals surface area contributed by atoms with Gasteiger partial charge in [0.05, 0.1) is 5.02 Å². The average molecular weight is 298 g/mol.